The van der Waals surface area contributed by atoms with E-state index in [9.17, 15) is 41.0 Å². The van der Waals surface area contributed by atoms with Gasteiger partial charge in [0.15, 0.2) is 0 Å². The van der Waals surface area contributed by atoms with Crippen LogP contribution in [0.4, 0.5) is 26.3 Å². The van der Waals surface area contributed by atoms with Crippen LogP contribution >= 0.6 is 0 Å². The number of nitrogens with zero attached hydrogens (tertiary/aromatic N) is 3. The molecule has 3 N–H and O–H groups in total. The smallest absolute Gasteiger partial charge is 0.356 e. The Kier molecular flexibility index (Phi) is 10.8. The van der Waals surface area contributed by atoms with Crippen molar-refractivity contribution in [1.29, 1.82) is 0 Å². The molecule has 258 valence electrons. The molecule has 2 aliphatic heterocycles. The number of fused-ring (bicyclic) bond motifs is 1. The zero-order valence-corrected chi connectivity index (χ0v) is 25.8. The van der Waals surface area contributed by atoms with Crippen molar-refractivity contribution in [2.45, 2.75) is 75.9 Å². The molecule has 2 fully saturated rings. The second-order valence-corrected chi connectivity index (χ2v) is 12.0. The number of aliphatic hydroxyl groups excluding tert-OH is 1. The zero-order chi connectivity index (χ0) is 34.6. The summed E-state index contributed by atoms with van der Waals surface area (Å²) in [5.74, 6) is -0.621. The maximum atomic E-state index is 13.8. The summed E-state index contributed by atoms with van der Waals surface area (Å²) in [6.45, 7) is -0.368. The minimum absolute atomic E-state index is 0.0196. The van der Waals surface area contributed by atoms with E-state index in [0.717, 1.165) is 11.1 Å². The van der Waals surface area contributed by atoms with Gasteiger partial charge in [-0.2, -0.15) is 26.3 Å². The first-order chi connectivity index (χ1) is 22.8. The van der Waals surface area contributed by atoms with Gasteiger partial charge in [-0.3, -0.25) is 9.59 Å². The van der Waals surface area contributed by atoms with Crippen LogP contribution in [-0.2, 0) is 46.3 Å². The summed E-state index contributed by atoms with van der Waals surface area (Å²) in [7, 11) is 0. The number of benzene rings is 3. The van der Waals surface area contributed by atoms with Gasteiger partial charge < -0.3 is 25.4 Å². The molecule has 0 aliphatic carbocycles. The van der Waals surface area contributed by atoms with Gasteiger partial charge in [0.1, 0.15) is 12.2 Å². The number of halogens is 6. The number of rotatable bonds is 11. The number of alkyl halides is 6. The van der Waals surface area contributed by atoms with E-state index in [-0.39, 0.29) is 56.8 Å². The summed E-state index contributed by atoms with van der Waals surface area (Å²) in [6.07, 6.45) is -12.1. The SMILES string of the molecule is NCCC[C@H]1C(=O)N(Cc2ccccc2)CC2N(C(O)OCc3cc(C(F)(F)F)cc(C(F)(F)F)c3)C(Cc3ccccc3)CC(=O)N21. The van der Waals surface area contributed by atoms with Crippen molar-refractivity contribution in [1.82, 2.24) is 14.7 Å². The molecule has 0 bridgehead atoms. The Morgan fingerprint density at radius 3 is 2.00 bits per heavy atom. The molecule has 48 heavy (non-hydrogen) atoms. The fraction of sp³-hybridized carbons (Fsp3) is 0.412. The number of ether oxygens (including phenoxy) is 1. The maximum Gasteiger partial charge on any atom is 0.416 e. The van der Waals surface area contributed by atoms with E-state index in [1.807, 2.05) is 48.5 Å². The van der Waals surface area contributed by atoms with E-state index >= 15 is 0 Å². The minimum Gasteiger partial charge on any atom is -0.356 e. The molecule has 0 saturated carbocycles. The molecule has 8 nitrogen and oxygen atoms in total. The van der Waals surface area contributed by atoms with Gasteiger partial charge in [0.2, 0.25) is 18.2 Å². The number of carbonyl (C=O) groups excluding carboxylic acids is 2. The maximum absolute atomic E-state index is 13.8. The number of aliphatic hydroxyl groups is 1. The lowest BCUT2D eigenvalue weighted by atomic mass is 9.93. The predicted octanol–water partition coefficient (Wildman–Crippen LogP) is 5.14. The second kappa shape index (κ2) is 14.6. The molecule has 0 radical (unpaired) electrons. The van der Waals surface area contributed by atoms with E-state index in [1.165, 1.54) is 9.80 Å². The average Bonchev–Trinajstić information content (AvgIpc) is 3.04. The molecule has 2 aliphatic rings. The normalized spacial score (nSPS) is 21.4. The largest absolute Gasteiger partial charge is 0.416 e. The quantitative estimate of drug-likeness (QED) is 0.216. The van der Waals surface area contributed by atoms with Crippen LogP contribution in [0.1, 0.15) is 47.1 Å². The summed E-state index contributed by atoms with van der Waals surface area (Å²) >= 11 is 0. The average molecular weight is 679 g/mol. The molecule has 2 heterocycles. The zero-order valence-electron chi connectivity index (χ0n) is 25.8. The van der Waals surface area contributed by atoms with Crippen molar-refractivity contribution in [2.24, 2.45) is 5.73 Å². The van der Waals surface area contributed by atoms with Crippen LogP contribution in [-0.4, -0.2) is 69.4 Å². The van der Waals surface area contributed by atoms with Crippen molar-refractivity contribution in [3.8, 4) is 0 Å². The van der Waals surface area contributed by atoms with Crippen LogP contribution in [0.3, 0.4) is 0 Å². The first-order valence-electron chi connectivity index (χ1n) is 15.5. The van der Waals surface area contributed by atoms with E-state index in [1.54, 1.807) is 17.0 Å². The minimum atomic E-state index is -5.06. The van der Waals surface area contributed by atoms with Crippen molar-refractivity contribution in [2.75, 3.05) is 13.1 Å². The summed E-state index contributed by atoms with van der Waals surface area (Å²) in [5, 5.41) is 11.6. The Morgan fingerprint density at radius 1 is 0.854 bits per heavy atom. The number of carbonyl (C=O) groups is 2. The molecule has 2 saturated heterocycles. The van der Waals surface area contributed by atoms with Crippen LogP contribution in [0.25, 0.3) is 0 Å². The molecule has 3 aromatic carbocycles. The molecule has 2 amide bonds. The summed E-state index contributed by atoms with van der Waals surface area (Å²) in [4.78, 5) is 32.1. The monoisotopic (exact) mass is 678 g/mol. The van der Waals surface area contributed by atoms with Crippen molar-refractivity contribution < 1.29 is 45.8 Å². The van der Waals surface area contributed by atoms with Gasteiger partial charge >= 0.3 is 12.4 Å². The number of amides is 2. The van der Waals surface area contributed by atoms with Crippen molar-refractivity contribution in [3.05, 3.63) is 107 Å². The molecule has 5 rings (SSSR count). The standard InChI is InChI=1S/C34H36F6N4O4/c35-33(36,37)25-14-24(15-26(17-25)34(38,39)40)21-48-32(47)43-27(16-22-8-3-1-4-9-22)18-30(45)44-28(12-7-13-41)31(46)42(20-29(43)44)19-23-10-5-2-6-11-23/h1-6,8-11,14-15,17,27-29,32,47H,7,12-13,16,18-21,41H2/t27?,28-,29?,32?/m0/s1. The predicted molar refractivity (Wildman–Crippen MR) is 162 cm³/mol. The molecule has 3 unspecified atom stereocenters. The molecule has 0 aromatic heterocycles. The summed E-state index contributed by atoms with van der Waals surface area (Å²) in [6, 6.07) is 17.8. The lowest BCUT2D eigenvalue weighted by Crippen LogP contribution is -2.74. The Morgan fingerprint density at radius 2 is 1.44 bits per heavy atom. The highest BCUT2D eigenvalue weighted by Crippen LogP contribution is 2.37. The van der Waals surface area contributed by atoms with Gasteiger partial charge in [0.05, 0.1) is 24.3 Å². The first kappa shape index (κ1) is 35.3. The third-order valence-electron chi connectivity index (χ3n) is 8.61. The van der Waals surface area contributed by atoms with Gasteiger partial charge in [-0.05, 0) is 60.7 Å². The van der Waals surface area contributed by atoms with Gasteiger partial charge in [-0.15, -0.1) is 0 Å². The molecular weight excluding hydrogens is 642 g/mol. The Balaban J connectivity index is 1.49. The molecular formula is C34H36F6N4O4. The van der Waals surface area contributed by atoms with Gasteiger partial charge in [0.25, 0.3) is 0 Å². The number of nitrogens with two attached hydrogens (primary N) is 1. The van der Waals surface area contributed by atoms with E-state index in [4.69, 9.17) is 10.5 Å². The van der Waals surface area contributed by atoms with E-state index < -0.39 is 60.3 Å². The molecule has 3 aromatic rings. The highest BCUT2D eigenvalue weighted by molar-refractivity contribution is 5.90. The van der Waals surface area contributed by atoms with Gasteiger partial charge in [-0.25, -0.2) is 4.90 Å². The fourth-order valence-electron chi connectivity index (χ4n) is 6.42. The Hall–Kier alpha value is -3.98. The van der Waals surface area contributed by atoms with Crippen LogP contribution in [0.15, 0.2) is 78.9 Å². The van der Waals surface area contributed by atoms with Crippen LogP contribution in [0, 0.1) is 0 Å². The topological polar surface area (TPSA) is 99.3 Å². The molecule has 0 spiro atoms. The number of hydrogen-bond acceptors (Lipinski definition) is 6. The number of hydrogen-bond donors (Lipinski definition) is 2. The third kappa shape index (κ3) is 8.17. The Labute approximate surface area is 273 Å². The fourth-order valence-corrected chi connectivity index (χ4v) is 6.42. The first-order valence-corrected chi connectivity index (χ1v) is 15.5. The third-order valence-corrected chi connectivity index (χ3v) is 8.61. The van der Waals surface area contributed by atoms with Crippen LogP contribution in [0.2, 0.25) is 0 Å². The van der Waals surface area contributed by atoms with Crippen LogP contribution < -0.4 is 5.73 Å². The Bertz CT molecular complexity index is 1520. The lowest BCUT2D eigenvalue weighted by Gasteiger charge is -2.55. The van der Waals surface area contributed by atoms with Gasteiger partial charge in [0, 0.05) is 19.0 Å². The van der Waals surface area contributed by atoms with Crippen molar-refractivity contribution in [3.63, 3.8) is 0 Å². The highest BCUT2D eigenvalue weighted by Gasteiger charge is 2.52. The van der Waals surface area contributed by atoms with E-state index in [0.29, 0.717) is 18.6 Å². The van der Waals surface area contributed by atoms with Gasteiger partial charge in [-0.1, -0.05) is 60.7 Å². The number of piperazine rings is 1. The summed E-state index contributed by atoms with van der Waals surface area (Å²) < 4.78 is 86.7. The van der Waals surface area contributed by atoms with Crippen LogP contribution in [0.5, 0.6) is 0 Å². The lowest BCUT2D eigenvalue weighted by molar-refractivity contribution is -0.258. The second-order valence-electron chi connectivity index (χ2n) is 12.0. The van der Waals surface area contributed by atoms with E-state index in [2.05, 4.69) is 0 Å². The molecule has 4 atom stereocenters. The summed E-state index contributed by atoms with van der Waals surface area (Å²) in [5.41, 5.74) is 3.95. The highest BCUT2D eigenvalue weighted by atomic mass is 19.4. The molecule has 14 heteroatoms. The van der Waals surface area contributed by atoms with Crippen molar-refractivity contribution >= 4 is 11.8 Å².